The van der Waals surface area contributed by atoms with Crippen LogP contribution in [0, 0.1) is 5.82 Å². The Morgan fingerprint density at radius 1 is 1.22 bits per heavy atom. The van der Waals surface area contributed by atoms with Crippen molar-refractivity contribution in [2.45, 2.75) is 6.42 Å². The Hall–Kier alpha value is -2.27. The first-order chi connectivity index (χ1) is 11.1. The lowest BCUT2D eigenvalue weighted by Gasteiger charge is -2.09. The predicted octanol–water partition coefficient (Wildman–Crippen LogP) is 3.23. The Morgan fingerprint density at radius 2 is 2.00 bits per heavy atom. The fourth-order valence-electron chi connectivity index (χ4n) is 1.97. The highest BCUT2D eigenvalue weighted by molar-refractivity contribution is 6.32. The number of carbonyl (C=O) groups excluding carboxylic acids is 1. The monoisotopic (exact) mass is 337 g/mol. The number of para-hydroxylation sites is 1. The second-order valence-electron chi connectivity index (χ2n) is 4.79. The normalized spacial score (nSPS) is 10.2. The molecule has 0 aromatic heterocycles. The fraction of sp³-hybridized carbons (Fsp3) is 0.235. The first-order valence-corrected chi connectivity index (χ1v) is 7.44. The molecular formula is C17H17ClFNO3. The molecule has 23 heavy (non-hydrogen) atoms. The molecule has 2 aromatic rings. The maximum absolute atomic E-state index is 13.3. The van der Waals surface area contributed by atoms with Gasteiger partial charge in [-0.3, -0.25) is 4.79 Å². The second kappa shape index (κ2) is 8.39. The number of nitrogens with one attached hydrogen (secondary N) is 1. The lowest BCUT2D eigenvalue weighted by atomic mass is 10.1. The van der Waals surface area contributed by atoms with E-state index >= 15 is 0 Å². The third kappa shape index (κ3) is 5.14. The molecule has 0 unspecified atom stereocenters. The van der Waals surface area contributed by atoms with E-state index in [1.165, 1.54) is 12.1 Å². The third-order valence-corrected chi connectivity index (χ3v) is 3.44. The smallest absolute Gasteiger partial charge is 0.257 e. The molecule has 0 atom stereocenters. The summed E-state index contributed by atoms with van der Waals surface area (Å²) in [4.78, 5) is 11.7. The highest BCUT2D eigenvalue weighted by Gasteiger charge is 2.06. The molecule has 2 rings (SSSR count). The summed E-state index contributed by atoms with van der Waals surface area (Å²) in [5.74, 6) is -0.136. The minimum Gasteiger partial charge on any atom is -0.495 e. The van der Waals surface area contributed by atoms with Crippen molar-refractivity contribution in [1.82, 2.24) is 5.32 Å². The van der Waals surface area contributed by atoms with E-state index in [-0.39, 0.29) is 18.3 Å². The minimum atomic E-state index is -0.492. The molecule has 122 valence electrons. The number of hydrogen-bond donors (Lipinski definition) is 1. The predicted molar refractivity (Wildman–Crippen MR) is 86.6 cm³/mol. The molecule has 2 aromatic carbocycles. The van der Waals surface area contributed by atoms with Gasteiger partial charge in [0.2, 0.25) is 0 Å². The van der Waals surface area contributed by atoms with Crippen molar-refractivity contribution in [2.24, 2.45) is 0 Å². The largest absolute Gasteiger partial charge is 0.495 e. The zero-order valence-electron chi connectivity index (χ0n) is 12.6. The molecule has 0 aliphatic carbocycles. The van der Waals surface area contributed by atoms with E-state index in [2.05, 4.69) is 5.32 Å². The average molecular weight is 338 g/mol. The quantitative estimate of drug-likeness (QED) is 0.844. The summed E-state index contributed by atoms with van der Waals surface area (Å²) in [7, 11) is 1.55. The summed E-state index contributed by atoms with van der Waals surface area (Å²) in [6, 6.07) is 11.4. The van der Waals surface area contributed by atoms with Gasteiger partial charge < -0.3 is 14.8 Å². The molecule has 0 fully saturated rings. The van der Waals surface area contributed by atoms with Crippen molar-refractivity contribution < 1.29 is 18.7 Å². The molecule has 0 heterocycles. The topological polar surface area (TPSA) is 47.6 Å². The van der Waals surface area contributed by atoms with Crippen LogP contribution in [-0.4, -0.2) is 26.2 Å². The van der Waals surface area contributed by atoms with Crippen molar-refractivity contribution >= 4 is 17.5 Å². The van der Waals surface area contributed by atoms with Gasteiger partial charge in [0.25, 0.3) is 5.91 Å². The molecule has 0 aliphatic rings. The number of amides is 1. The SMILES string of the molecule is COc1ccc(CCNC(=O)COc2ccccc2F)cc1Cl. The minimum absolute atomic E-state index is 0.0598. The van der Waals surface area contributed by atoms with E-state index in [0.717, 1.165) is 5.56 Å². The Balaban J connectivity index is 1.74. The van der Waals surface area contributed by atoms with Gasteiger partial charge in [0.1, 0.15) is 5.75 Å². The summed E-state index contributed by atoms with van der Waals surface area (Å²) >= 11 is 6.04. The van der Waals surface area contributed by atoms with Gasteiger partial charge in [-0.2, -0.15) is 0 Å². The number of halogens is 2. The highest BCUT2D eigenvalue weighted by atomic mass is 35.5. The van der Waals surface area contributed by atoms with E-state index in [1.54, 1.807) is 31.4 Å². The van der Waals surface area contributed by atoms with Crippen LogP contribution in [0.5, 0.6) is 11.5 Å². The molecule has 4 nitrogen and oxygen atoms in total. The molecule has 0 saturated carbocycles. The lowest BCUT2D eigenvalue weighted by molar-refractivity contribution is -0.123. The van der Waals surface area contributed by atoms with Crippen LogP contribution < -0.4 is 14.8 Å². The zero-order valence-corrected chi connectivity index (χ0v) is 13.4. The molecular weight excluding hydrogens is 321 g/mol. The molecule has 0 saturated heterocycles. The zero-order chi connectivity index (χ0) is 16.7. The van der Waals surface area contributed by atoms with Crippen LogP contribution in [0.1, 0.15) is 5.56 Å². The number of rotatable bonds is 7. The van der Waals surface area contributed by atoms with Crippen LogP contribution >= 0.6 is 11.6 Å². The number of ether oxygens (including phenoxy) is 2. The average Bonchev–Trinajstić information content (AvgIpc) is 2.54. The van der Waals surface area contributed by atoms with E-state index in [9.17, 15) is 9.18 Å². The summed E-state index contributed by atoms with van der Waals surface area (Å²) in [6.45, 7) is 0.201. The van der Waals surface area contributed by atoms with E-state index < -0.39 is 5.82 Å². The van der Waals surface area contributed by atoms with Crippen LogP contribution in [-0.2, 0) is 11.2 Å². The van der Waals surface area contributed by atoms with Gasteiger partial charge in [-0.05, 0) is 36.2 Å². The van der Waals surface area contributed by atoms with Crippen LogP contribution in [0.25, 0.3) is 0 Å². The number of benzene rings is 2. The van der Waals surface area contributed by atoms with Crippen molar-refractivity contribution in [3.8, 4) is 11.5 Å². The molecule has 1 amide bonds. The van der Waals surface area contributed by atoms with Gasteiger partial charge in [0, 0.05) is 6.54 Å². The molecule has 0 radical (unpaired) electrons. The van der Waals surface area contributed by atoms with Gasteiger partial charge in [-0.1, -0.05) is 29.8 Å². The van der Waals surface area contributed by atoms with Crippen LogP contribution in [0.3, 0.4) is 0 Å². The molecule has 1 N–H and O–H groups in total. The van der Waals surface area contributed by atoms with Crippen LogP contribution in [0.4, 0.5) is 4.39 Å². The number of hydrogen-bond acceptors (Lipinski definition) is 3. The van der Waals surface area contributed by atoms with Gasteiger partial charge >= 0.3 is 0 Å². The van der Waals surface area contributed by atoms with Crippen LogP contribution in [0.2, 0.25) is 5.02 Å². The molecule has 0 aliphatic heterocycles. The van der Waals surface area contributed by atoms with Crippen molar-refractivity contribution in [1.29, 1.82) is 0 Å². The van der Waals surface area contributed by atoms with Crippen LogP contribution in [0.15, 0.2) is 42.5 Å². The Kier molecular flexibility index (Phi) is 6.23. The number of carbonyl (C=O) groups is 1. The van der Waals surface area contributed by atoms with E-state index in [0.29, 0.717) is 23.7 Å². The van der Waals surface area contributed by atoms with Gasteiger partial charge in [-0.15, -0.1) is 0 Å². The van der Waals surface area contributed by atoms with E-state index in [1.807, 2.05) is 6.07 Å². The number of methoxy groups -OCH3 is 1. The van der Waals surface area contributed by atoms with Gasteiger partial charge in [0.15, 0.2) is 18.2 Å². The summed E-state index contributed by atoms with van der Waals surface area (Å²) in [5.41, 5.74) is 0.978. The fourth-order valence-corrected chi connectivity index (χ4v) is 2.25. The Labute approximate surface area is 139 Å². The first-order valence-electron chi connectivity index (χ1n) is 7.06. The maximum atomic E-state index is 13.3. The second-order valence-corrected chi connectivity index (χ2v) is 5.20. The summed E-state index contributed by atoms with van der Waals surface area (Å²) in [6.07, 6.45) is 0.620. The molecule has 6 heteroatoms. The molecule has 0 spiro atoms. The highest BCUT2D eigenvalue weighted by Crippen LogP contribution is 2.24. The van der Waals surface area contributed by atoms with Crippen molar-refractivity contribution in [2.75, 3.05) is 20.3 Å². The van der Waals surface area contributed by atoms with Gasteiger partial charge in [-0.25, -0.2) is 4.39 Å². The Bertz CT molecular complexity index is 679. The maximum Gasteiger partial charge on any atom is 0.257 e. The summed E-state index contributed by atoms with van der Waals surface area (Å²) in [5, 5.41) is 3.24. The van der Waals surface area contributed by atoms with E-state index in [4.69, 9.17) is 21.1 Å². The lowest BCUT2D eigenvalue weighted by Crippen LogP contribution is -2.30. The molecule has 0 bridgehead atoms. The standard InChI is InChI=1S/C17H17ClFNO3/c1-22-15-7-6-12(10-13(15)18)8-9-20-17(21)11-23-16-5-3-2-4-14(16)19/h2-7,10H,8-9,11H2,1H3,(H,20,21). The van der Waals surface area contributed by atoms with Crippen molar-refractivity contribution in [3.63, 3.8) is 0 Å². The van der Waals surface area contributed by atoms with Crippen molar-refractivity contribution in [3.05, 3.63) is 58.9 Å². The van der Waals surface area contributed by atoms with Gasteiger partial charge in [0.05, 0.1) is 12.1 Å². The Morgan fingerprint density at radius 3 is 2.70 bits per heavy atom. The summed E-state index contributed by atoms with van der Waals surface area (Å²) < 4.78 is 23.5. The third-order valence-electron chi connectivity index (χ3n) is 3.15. The first kappa shape index (κ1) is 17.1.